The highest BCUT2D eigenvalue weighted by atomic mass is 32.1. The summed E-state index contributed by atoms with van der Waals surface area (Å²) >= 11 is 1.57. The van der Waals surface area contributed by atoms with Crippen molar-refractivity contribution in [2.75, 3.05) is 50.7 Å². The van der Waals surface area contributed by atoms with Crippen LogP contribution in [0.5, 0.6) is 0 Å². The van der Waals surface area contributed by atoms with Crippen LogP contribution in [-0.2, 0) is 12.8 Å². The van der Waals surface area contributed by atoms with Crippen molar-refractivity contribution in [3.63, 3.8) is 0 Å². The Bertz CT molecular complexity index is 1020. The van der Waals surface area contributed by atoms with Gasteiger partial charge in [0.1, 0.15) is 5.82 Å². The topological polar surface area (TPSA) is 65.7 Å². The summed E-state index contributed by atoms with van der Waals surface area (Å²) in [6, 6.07) is 8.43. The van der Waals surface area contributed by atoms with Gasteiger partial charge in [-0.25, -0.2) is 4.98 Å². The second kappa shape index (κ2) is 7.76. The van der Waals surface area contributed by atoms with Crippen molar-refractivity contribution in [1.82, 2.24) is 19.2 Å². The summed E-state index contributed by atoms with van der Waals surface area (Å²) in [7, 11) is 0. The third-order valence-corrected chi connectivity index (χ3v) is 6.68. The van der Waals surface area contributed by atoms with Crippen LogP contribution in [0.15, 0.2) is 28.7 Å². The Morgan fingerprint density at radius 2 is 1.93 bits per heavy atom. The highest BCUT2D eigenvalue weighted by molar-refractivity contribution is 7.13. The minimum Gasteiger partial charge on any atom is -0.435 e. The monoisotopic (exact) mass is 411 g/mol. The molecule has 0 radical (unpaired) electrons. The van der Waals surface area contributed by atoms with Crippen molar-refractivity contribution >= 4 is 33.3 Å². The quantitative estimate of drug-likeness (QED) is 0.643. The summed E-state index contributed by atoms with van der Waals surface area (Å²) in [4.78, 5) is 23.9. The van der Waals surface area contributed by atoms with Gasteiger partial charge in [-0.1, -0.05) is 19.1 Å². The Labute approximate surface area is 174 Å². The summed E-state index contributed by atoms with van der Waals surface area (Å²) < 4.78 is 11.6. The lowest BCUT2D eigenvalue weighted by atomic mass is 10.1. The number of amides is 1. The Hall–Kier alpha value is -2.45. The largest absolute Gasteiger partial charge is 0.435 e. The highest BCUT2D eigenvalue weighted by Gasteiger charge is 2.30. The first-order chi connectivity index (χ1) is 14.2. The number of fused-ring (bicyclic) bond motifs is 2. The van der Waals surface area contributed by atoms with Crippen LogP contribution in [0, 0.1) is 0 Å². The van der Waals surface area contributed by atoms with E-state index in [-0.39, 0.29) is 5.91 Å². The van der Waals surface area contributed by atoms with Gasteiger partial charge in [-0.3, -0.25) is 9.69 Å². The molecular formula is C21H25N5O2S. The Morgan fingerprint density at radius 1 is 1.10 bits per heavy atom. The van der Waals surface area contributed by atoms with Crippen LogP contribution in [0.3, 0.4) is 0 Å². The van der Waals surface area contributed by atoms with Gasteiger partial charge >= 0.3 is 0 Å². The summed E-state index contributed by atoms with van der Waals surface area (Å²) in [5, 5.41) is 1.25. The first kappa shape index (κ1) is 18.6. The van der Waals surface area contributed by atoms with Gasteiger partial charge in [0.15, 0.2) is 5.89 Å². The zero-order valence-corrected chi connectivity index (χ0v) is 17.5. The Morgan fingerprint density at radius 3 is 2.76 bits per heavy atom. The van der Waals surface area contributed by atoms with Gasteiger partial charge in [0.05, 0.1) is 10.4 Å². The average molecular weight is 412 g/mol. The number of rotatable bonds is 5. The molecular weight excluding hydrogens is 386 g/mol. The van der Waals surface area contributed by atoms with Crippen molar-refractivity contribution in [3.05, 3.63) is 41.6 Å². The molecule has 0 unspecified atom stereocenters. The van der Waals surface area contributed by atoms with Gasteiger partial charge in [0.2, 0.25) is 5.76 Å². The number of anilines is 1. The summed E-state index contributed by atoms with van der Waals surface area (Å²) in [5.41, 5.74) is 0.826. The van der Waals surface area contributed by atoms with Crippen molar-refractivity contribution in [2.45, 2.75) is 19.8 Å². The molecule has 0 saturated carbocycles. The lowest BCUT2D eigenvalue weighted by Gasteiger charge is -2.36. The fourth-order valence-electron chi connectivity index (χ4n) is 4.13. The van der Waals surface area contributed by atoms with Crippen molar-refractivity contribution < 1.29 is 9.21 Å². The molecule has 7 nitrogen and oxygen atoms in total. The number of piperazine rings is 1. The van der Waals surface area contributed by atoms with Crippen LogP contribution in [0.4, 0.5) is 5.82 Å². The SMILES string of the molecule is CCc1nc2c(o1)C(=O)N(CCN1CCN(c3nsc4ccccc34)CC1)CC2. The molecule has 0 bridgehead atoms. The number of hydrogen-bond acceptors (Lipinski definition) is 7. The average Bonchev–Trinajstić information content (AvgIpc) is 3.38. The highest BCUT2D eigenvalue weighted by Crippen LogP contribution is 2.29. The first-order valence-electron chi connectivity index (χ1n) is 10.3. The molecule has 5 rings (SSSR count). The third kappa shape index (κ3) is 3.51. The minimum atomic E-state index is -0.00831. The fraction of sp³-hybridized carbons (Fsp3) is 0.476. The van der Waals surface area contributed by atoms with Crippen LogP contribution < -0.4 is 4.90 Å². The van der Waals surface area contributed by atoms with E-state index in [1.165, 1.54) is 10.1 Å². The molecule has 1 amide bonds. The van der Waals surface area contributed by atoms with E-state index in [1.807, 2.05) is 11.8 Å². The zero-order chi connectivity index (χ0) is 19.8. The van der Waals surface area contributed by atoms with E-state index in [0.29, 0.717) is 11.7 Å². The molecule has 0 N–H and O–H groups in total. The van der Waals surface area contributed by atoms with Crippen molar-refractivity contribution in [2.24, 2.45) is 0 Å². The standard InChI is InChI=1S/C21H25N5O2S/c1-2-18-22-16-7-8-26(21(27)19(16)28-18)14-11-24-9-12-25(13-10-24)20-15-5-3-4-6-17(15)29-23-20/h3-6H,2,7-14H2,1H3. The molecule has 2 aliphatic heterocycles. The van der Waals surface area contributed by atoms with Gasteiger partial charge < -0.3 is 14.2 Å². The molecule has 1 fully saturated rings. The first-order valence-corrected chi connectivity index (χ1v) is 11.1. The molecule has 1 saturated heterocycles. The smallest absolute Gasteiger partial charge is 0.291 e. The van der Waals surface area contributed by atoms with Gasteiger partial charge in [0.25, 0.3) is 5.91 Å². The number of aryl methyl sites for hydroxylation is 1. The van der Waals surface area contributed by atoms with Gasteiger partial charge in [-0.2, -0.15) is 4.37 Å². The van der Waals surface area contributed by atoms with E-state index in [0.717, 1.165) is 70.2 Å². The normalized spacial score (nSPS) is 17.9. The van der Waals surface area contributed by atoms with E-state index in [1.54, 1.807) is 11.5 Å². The second-order valence-electron chi connectivity index (χ2n) is 7.61. The number of carbonyl (C=O) groups is 1. The third-order valence-electron chi connectivity index (χ3n) is 5.86. The van der Waals surface area contributed by atoms with Crippen LogP contribution in [0.2, 0.25) is 0 Å². The number of oxazole rings is 1. The Balaban J connectivity index is 1.16. The van der Waals surface area contributed by atoms with E-state index in [9.17, 15) is 4.79 Å². The molecule has 29 heavy (non-hydrogen) atoms. The molecule has 2 aliphatic rings. The van der Waals surface area contributed by atoms with Gasteiger partial charge in [-0.05, 0) is 23.7 Å². The molecule has 8 heteroatoms. The molecule has 0 aliphatic carbocycles. The zero-order valence-electron chi connectivity index (χ0n) is 16.6. The van der Waals surface area contributed by atoms with E-state index in [2.05, 4.69) is 43.4 Å². The maximum atomic E-state index is 12.7. The van der Waals surface area contributed by atoms with Gasteiger partial charge in [0, 0.05) is 64.0 Å². The van der Waals surface area contributed by atoms with Gasteiger partial charge in [-0.15, -0.1) is 0 Å². The minimum absolute atomic E-state index is 0.00831. The van der Waals surface area contributed by atoms with Crippen LogP contribution in [0.1, 0.15) is 29.1 Å². The Kier molecular flexibility index (Phi) is 4.97. The van der Waals surface area contributed by atoms with E-state index in [4.69, 9.17) is 4.42 Å². The molecule has 2 aromatic heterocycles. The number of benzene rings is 1. The van der Waals surface area contributed by atoms with Crippen LogP contribution in [-0.4, -0.2) is 70.9 Å². The molecule has 1 aromatic carbocycles. The predicted molar refractivity (Wildman–Crippen MR) is 114 cm³/mol. The van der Waals surface area contributed by atoms with E-state index < -0.39 is 0 Å². The maximum Gasteiger partial charge on any atom is 0.291 e. The second-order valence-corrected chi connectivity index (χ2v) is 8.42. The summed E-state index contributed by atoms with van der Waals surface area (Å²) in [5.74, 6) is 2.22. The maximum absolute atomic E-state index is 12.7. The summed E-state index contributed by atoms with van der Waals surface area (Å²) in [6.45, 7) is 8.26. The number of aromatic nitrogens is 2. The molecule has 0 spiro atoms. The predicted octanol–water partition coefficient (Wildman–Crippen LogP) is 2.67. The molecule has 3 aromatic rings. The van der Waals surface area contributed by atoms with Crippen molar-refractivity contribution in [3.8, 4) is 0 Å². The number of hydrogen-bond donors (Lipinski definition) is 0. The number of nitrogens with zero attached hydrogens (tertiary/aromatic N) is 5. The van der Waals surface area contributed by atoms with Crippen LogP contribution >= 0.6 is 11.5 Å². The molecule has 4 heterocycles. The van der Waals surface area contributed by atoms with Crippen molar-refractivity contribution in [1.29, 1.82) is 0 Å². The number of carbonyl (C=O) groups excluding carboxylic acids is 1. The van der Waals surface area contributed by atoms with E-state index >= 15 is 0 Å². The lowest BCUT2D eigenvalue weighted by molar-refractivity contribution is 0.0679. The molecule has 152 valence electrons. The fourth-order valence-corrected chi connectivity index (χ4v) is 4.93. The lowest BCUT2D eigenvalue weighted by Crippen LogP contribution is -2.49. The summed E-state index contributed by atoms with van der Waals surface area (Å²) in [6.07, 6.45) is 1.51. The molecule has 0 atom stereocenters. The van der Waals surface area contributed by atoms with Crippen LogP contribution in [0.25, 0.3) is 10.1 Å².